The molecule has 1 aliphatic carbocycles. The minimum absolute atomic E-state index is 0.0679. The molecule has 4 rings (SSSR count). The van der Waals surface area contributed by atoms with E-state index in [0.29, 0.717) is 46.0 Å². The molecule has 0 saturated carbocycles. The molecule has 2 heterocycles. The maximum atomic E-state index is 12.6. The molecule has 0 radical (unpaired) electrons. The van der Waals surface area contributed by atoms with Crippen LogP contribution in [0.25, 0.3) is 0 Å². The summed E-state index contributed by atoms with van der Waals surface area (Å²) in [6.45, 7) is 1.73. The molecule has 1 aromatic carbocycles. The van der Waals surface area contributed by atoms with Crippen molar-refractivity contribution in [3.05, 3.63) is 81.7 Å². The number of carbonyl (C=O) groups is 3. The third-order valence-electron chi connectivity index (χ3n) is 4.97. The van der Waals surface area contributed by atoms with Crippen LogP contribution in [0.1, 0.15) is 61.2 Å². The Balaban J connectivity index is 1.47. The van der Waals surface area contributed by atoms with Gasteiger partial charge in [0.2, 0.25) is 0 Å². The van der Waals surface area contributed by atoms with E-state index in [9.17, 15) is 14.4 Å². The molecule has 0 fully saturated rings. The molecule has 9 nitrogen and oxygen atoms in total. The largest absolute Gasteiger partial charge is 0.459 e. The van der Waals surface area contributed by atoms with Crippen molar-refractivity contribution >= 4 is 35.0 Å². The molecule has 0 saturated heterocycles. The highest BCUT2D eigenvalue weighted by Crippen LogP contribution is 2.29. The van der Waals surface area contributed by atoms with Gasteiger partial charge in [-0.05, 0) is 56.2 Å². The molecule has 0 unspecified atom stereocenters. The summed E-state index contributed by atoms with van der Waals surface area (Å²) in [5.74, 6) is -0.748. The predicted octanol–water partition coefficient (Wildman–Crippen LogP) is 3.38. The Kier molecular flexibility index (Phi) is 6.09. The molecular weight excluding hydrogens is 436 g/mol. The van der Waals surface area contributed by atoms with Crippen LogP contribution in [0.5, 0.6) is 0 Å². The van der Waals surface area contributed by atoms with Crippen molar-refractivity contribution < 1.29 is 23.2 Å². The summed E-state index contributed by atoms with van der Waals surface area (Å²) in [5.41, 5.74) is 9.39. The molecular formula is C22H19ClN4O5. The van der Waals surface area contributed by atoms with Gasteiger partial charge in [0.15, 0.2) is 11.5 Å². The summed E-state index contributed by atoms with van der Waals surface area (Å²) in [5, 5.41) is 4.72. The molecule has 3 aromatic rings. The number of nitrogens with zero attached hydrogens (tertiary/aromatic N) is 1. The van der Waals surface area contributed by atoms with E-state index in [1.807, 2.05) is 0 Å². The Morgan fingerprint density at radius 1 is 1.00 bits per heavy atom. The zero-order chi connectivity index (χ0) is 22.7. The summed E-state index contributed by atoms with van der Waals surface area (Å²) in [7, 11) is 0. The van der Waals surface area contributed by atoms with Gasteiger partial charge in [0.05, 0.1) is 12.0 Å². The van der Waals surface area contributed by atoms with Crippen LogP contribution in [0.2, 0.25) is 5.02 Å². The first-order valence-corrected chi connectivity index (χ1v) is 10.2. The SMILES string of the molecule is Cc1c(C(=O)NNC(=O)c2ccc(Cl)cc2)oc2c1/C(=N/NC(=O)c1ccco1)CCC2. The second-order valence-electron chi connectivity index (χ2n) is 7.10. The molecule has 32 heavy (non-hydrogen) atoms. The molecule has 3 N–H and O–H groups in total. The van der Waals surface area contributed by atoms with Gasteiger partial charge in [-0.2, -0.15) is 5.10 Å². The van der Waals surface area contributed by atoms with Gasteiger partial charge in [-0.3, -0.25) is 25.2 Å². The number of halogens is 1. The smallest absolute Gasteiger partial charge is 0.307 e. The van der Waals surface area contributed by atoms with Crippen LogP contribution >= 0.6 is 11.6 Å². The summed E-state index contributed by atoms with van der Waals surface area (Å²) in [6, 6.07) is 9.38. The fourth-order valence-corrected chi connectivity index (χ4v) is 3.55. The number of hydrogen-bond acceptors (Lipinski definition) is 6. The van der Waals surface area contributed by atoms with E-state index >= 15 is 0 Å². The first-order valence-electron chi connectivity index (χ1n) is 9.83. The van der Waals surface area contributed by atoms with Gasteiger partial charge < -0.3 is 8.83 Å². The number of rotatable bonds is 4. The van der Waals surface area contributed by atoms with Gasteiger partial charge in [0, 0.05) is 28.1 Å². The van der Waals surface area contributed by atoms with E-state index in [-0.39, 0.29) is 11.5 Å². The zero-order valence-electron chi connectivity index (χ0n) is 17.0. The Morgan fingerprint density at radius 2 is 1.75 bits per heavy atom. The highest BCUT2D eigenvalue weighted by Gasteiger charge is 2.28. The quantitative estimate of drug-likeness (QED) is 0.521. The number of benzene rings is 1. The summed E-state index contributed by atoms with van der Waals surface area (Å²) in [4.78, 5) is 36.9. The third kappa shape index (κ3) is 4.42. The molecule has 0 aliphatic heterocycles. The van der Waals surface area contributed by atoms with Crippen molar-refractivity contribution in [2.24, 2.45) is 5.10 Å². The minimum Gasteiger partial charge on any atom is -0.459 e. The highest BCUT2D eigenvalue weighted by atomic mass is 35.5. The standard InChI is InChI=1S/C22H19ClN4O5/c1-12-18-15(24-26-21(29)17-6-3-11-31-17)4-2-5-16(18)32-19(12)22(30)27-25-20(28)13-7-9-14(23)10-8-13/h3,6-11H,2,4-5H2,1H3,(H,25,28)(H,26,29)(H,27,30)/b24-15+. The molecule has 164 valence electrons. The lowest BCUT2D eigenvalue weighted by Crippen LogP contribution is -2.41. The molecule has 0 bridgehead atoms. The Morgan fingerprint density at radius 3 is 2.47 bits per heavy atom. The average molecular weight is 455 g/mol. The maximum absolute atomic E-state index is 12.6. The number of carbonyl (C=O) groups excluding carboxylic acids is 3. The lowest BCUT2D eigenvalue weighted by Gasteiger charge is -2.13. The van der Waals surface area contributed by atoms with Crippen LogP contribution in [-0.4, -0.2) is 23.4 Å². The Bertz CT molecular complexity index is 1200. The van der Waals surface area contributed by atoms with Crippen molar-refractivity contribution in [1.29, 1.82) is 0 Å². The van der Waals surface area contributed by atoms with Crippen molar-refractivity contribution in [2.45, 2.75) is 26.2 Å². The number of amides is 3. The van der Waals surface area contributed by atoms with Crippen molar-refractivity contribution in [3.63, 3.8) is 0 Å². The second kappa shape index (κ2) is 9.11. The van der Waals surface area contributed by atoms with Gasteiger partial charge in [-0.15, -0.1) is 0 Å². The fourth-order valence-electron chi connectivity index (χ4n) is 3.42. The number of hydrazone groups is 1. The van der Waals surface area contributed by atoms with Gasteiger partial charge in [-0.1, -0.05) is 11.6 Å². The monoisotopic (exact) mass is 454 g/mol. The van der Waals surface area contributed by atoms with E-state index in [2.05, 4.69) is 21.4 Å². The third-order valence-corrected chi connectivity index (χ3v) is 5.22. The maximum Gasteiger partial charge on any atom is 0.307 e. The van der Waals surface area contributed by atoms with Crippen LogP contribution in [0, 0.1) is 6.92 Å². The number of nitrogens with one attached hydrogen (secondary N) is 3. The van der Waals surface area contributed by atoms with Crippen molar-refractivity contribution in [2.75, 3.05) is 0 Å². The van der Waals surface area contributed by atoms with E-state index in [1.54, 1.807) is 37.3 Å². The van der Waals surface area contributed by atoms with E-state index in [0.717, 1.165) is 6.42 Å². The van der Waals surface area contributed by atoms with Gasteiger partial charge in [0.1, 0.15) is 5.76 Å². The number of aryl methyl sites for hydroxylation is 1. The average Bonchev–Trinajstić information content (AvgIpc) is 3.45. The van der Waals surface area contributed by atoms with Crippen molar-refractivity contribution in [1.82, 2.24) is 16.3 Å². The van der Waals surface area contributed by atoms with Crippen LogP contribution in [-0.2, 0) is 6.42 Å². The predicted molar refractivity (Wildman–Crippen MR) is 115 cm³/mol. The number of hydrazine groups is 1. The molecule has 0 atom stereocenters. The Hall–Kier alpha value is -3.85. The van der Waals surface area contributed by atoms with Crippen LogP contribution in [0.3, 0.4) is 0 Å². The second-order valence-corrected chi connectivity index (χ2v) is 7.54. The molecule has 2 aromatic heterocycles. The van der Waals surface area contributed by atoms with E-state index < -0.39 is 17.7 Å². The highest BCUT2D eigenvalue weighted by molar-refractivity contribution is 6.30. The van der Waals surface area contributed by atoms with E-state index in [4.69, 9.17) is 20.4 Å². The lowest BCUT2D eigenvalue weighted by atomic mass is 9.93. The van der Waals surface area contributed by atoms with Crippen LogP contribution in [0.15, 0.2) is 56.6 Å². The number of furan rings is 2. The minimum atomic E-state index is -0.599. The molecule has 10 heteroatoms. The molecule has 1 aliphatic rings. The summed E-state index contributed by atoms with van der Waals surface area (Å²) >= 11 is 5.82. The Labute approximate surface area is 187 Å². The summed E-state index contributed by atoms with van der Waals surface area (Å²) < 4.78 is 10.8. The molecule has 0 spiro atoms. The van der Waals surface area contributed by atoms with Crippen molar-refractivity contribution in [3.8, 4) is 0 Å². The topological polar surface area (TPSA) is 126 Å². The van der Waals surface area contributed by atoms with Crippen LogP contribution < -0.4 is 16.3 Å². The summed E-state index contributed by atoms with van der Waals surface area (Å²) in [6.07, 6.45) is 3.40. The number of fused-ring (bicyclic) bond motifs is 1. The number of hydrogen-bond donors (Lipinski definition) is 3. The van der Waals surface area contributed by atoms with E-state index in [1.165, 1.54) is 12.3 Å². The normalized spacial score (nSPS) is 14.0. The van der Waals surface area contributed by atoms with Gasteiger partial charge in [-0.25, -0.2) is 5.43 Å². The fraction of sp³-hybridized carbons (Fsp3) is 0.182. The van der Waals surface area contributed by atoms with Crippen LogP contribution in [0.4, 0.5) is 0 Å². The lowest BCUT2D eigenvalue weighted by molar-refractivity contribution is 0.0829. The molecule has 3 amide bonds. The zero-order valence-corrected chi connectivity index (χ0v) is 17.8. The van der Waals surface area contributed by atoms with Gasteiger partial charge in [0.25, 0.3) is 5.91 Å². The first kappa shape index (κ1) is 21.4. The first-order chi connectivity index (χ1) is 15.4. The van der Waals surface area contributed by atoms with Gasteiger partial charge >= 0.3 is 11.8 Å².